The Morgan fingerprint density at radius 2 is 2.12 bits per heavy atom. The number of amides is 2. The quantitative estimate of drug-likeness (QED) is 0.549. The molecule has 2 unspecified atom stereocenters. The van der Waals surface area contributed by atoms with Gasteiger partial charge in [0.05, 0.1) is 12.1 Å². The Bertz CT molecular complexity index is 1170. The number of anilines is 1. The van der Waals surface area contributed by atoms with Gasteiger partial charge in [0.25, 0.3) is 0 Å². The molecular weight excluding hydrogens is 438 g/mol. The Kier molecular flexibility index (Phi) is 6.75. The Morgan fingerprint density at radius 3 is 2.82 bits per heavy atom. The SMILES string of the molecule is CC(CC(=O)Nc1sc2c(c1C#N)CCN(C(=O)OC(C)c1ncc[nH]1)C2)c1ccccc1. The van der Waals surface area contributed by atoms with Crippen LogP contribution in [0.3, 0.4) is 0 Å². The van der Waals surface area contributed by atoms with Gasteiger partial charge in [-0.15, -0.1) is 11.3 Å². The molecule has 33 heavy (non-hydrogen) atoms. The number of nitrogens with zero attached hydrogens (tertiary/aromatic N) is 3. The van der Waals surface area contributed by atoms with Crippen molar-refractivity contribution >= 4 is 28.3 Å². The van der Waals surface area contributed by atoms with Gasteiger partial charge in [0, 0.05) is 30.2 Å². The number of nitriles is 1. The monoisotopic (exact) mass is 463 g/mol. The van der Waals surface area contributed by atoms with Gasteiger partial charge in [-0.3, -0.25) is 4.79 Å². The van der Waals surface area contributed by atoms with Gasteiger partial charge in [-0.25, -0.2) is 9.78 Å². The molecule has 170 valence electrons. The standard InChI is InChI=1S/C24H25N5O3S/c1-15(17-6-4-3-5-7-17)12-21(30)28-23-19(13-25)18-8-11-29(14-20(18)33-23)24(31)32-16(2)22-26-9-10-27-22/h3-7,9-10,15-16H,8,11-12,14H2,1-2H3,(H,26,27)(H,28,30). The molecule has 2 atom stereocenters. The lowest BCUT2D eigenvalue weighted by atomic mass is 9.97. The van der Waals surface area contributed by atoms with Gasteiger partial charge in [0.1, 0.15) is 16.9 Å². The maximum Gasteiger partial charge on any atom is 0.410 e. The average Bonchev–Trinajstić information content (AvgIpc) is 3.46. The lowest BCUT2D eigenvalue weighted by Gasteiger charge is -2.27. The van der Waals surface area contributed by atoms with Crippen LogP contribution in [0.25, 0.3) is 0 Å². The summed E-state index contributed by atoms with van der Waals surface area (Å²) in [7, 11) is 0. The Morgan fingerprint density at radius 1 is 1.33 bits per heavy atom. The van der Waals surface area contributed by atoms with Crippen molar-refractivity contribution in [1.29, 1.82) is 5.26 Å². The van der Waals surface area contributed by atoms with E-state index in [-0.39, 0.29) is 11.8 Å². The summed E-state index contributed by atoms with van der Waals surface area (Å²) in [6.07, 6.45) is 3.22. The van der Waals surface area contributed by atoms with E-state index < -0.39 is 12.2 Å². The minimum absolute atomic E-state index is 0.0627. The van der Waals surface area contributed by atoms with Crippen LogP contribution in [0, 0.1) is 11.3 Å². The van der Waals surface area contributed by atoms with Crippen molar-refractivity contribution in [2.75, 3.05) is 11.9 Å². The normalized spacial score (nSPS) is 14.6. The summed E-state index contributed by atoms with van der Waals surface area (Å²) < 4.78 is 5.53. The molecule has 4 rings (SSSR count). The van der Waals surface area contributed by atoms with Crippen molar-refractivity contribution in [3.63, 3.8) is 0 Å². The predicted molar refractivity (Wildman–Crippen MR) is 125 cm³/mol. The second-order valence-corrected chi connectivity index (χ2v) is 9.16. The number of rotatable bonds is 6. The van der Waals surface area contributed by atoms with Crippen LogP contribution >= 0.6 is 11.3 Å². The molecule has 2 aromatic heterocycles. The maximum absolute atomic E-state index is 12.7. The van der Waals surface area contributed by atoms with Gasteiger partial charge in [0.15, 0.2) is 6.10 Å². The third-order valence-electron chi connectivity index (χ3n) is 5.72. The van der Waals surface area contributed by atoms with E-state index in [1.165, 1.54) is 11.3 Å². The summed E-state index contributed by atoms with van der Waals surface area (Å²) >= 11 is 1.35. The second-order valence-electron chi connectivity index (χ2n) is 8.06. The number of carbonyl (C=O) groups is 2. The molecule has 2 N–H and O–H groups in total. The van der Waals surface area contributed by atoms with Crippen LogP contribution in [0.4, 0.5) is 9.80 Å². The molecule has 2 amide bonds. The fourth-order valence-corrected chi connectivity index (χ4v) is 5.13. The van der Waals surface area contributed by atoms with Crippen molar-refractivity contribution < 1.29 is 14.3 Å². The highest BCUT2D eigenvalue weighted by molar-refractivity contribution is 7.16. The van der Waals surface area contributed by atoms with Crippen molar-refractivity contribution in [3.8, 4) is 6.07 Å². The number of carbonyl (C=O) groups excluding carboxylic acids is 2. The van der Waals surface area contributed by atoms with Gasteiger partial charge >= 0.3 is 6.09 Å². The number of imidazole rings is 1. The number of aromatic amines is 1. The number of benzene rings is 1. The topological polar surface area (TPSA) is 111 Å². The lowest BCUT2D eigenvalue weighted by Crippen LogP contribution is -2.36. The van der Waals surface area contributed by atoms with E-state index in [1.807, 2.05) is 37.3 Å². The van der Waals surface area contributed by atoms with Crippen molar-refractivity contribution in [1.82, 2.24) is 14.9 Å². The van der Waals surface area contributed by atoms with E-state index in [1.54, 1.807) is 24.2 Å². The molecule has 0 spiro atoms. The zero-order chi connectivity index (χ0) is 23.4. The predicted octanol–water partition coefficient (Wildman–Crippen LogP) is 4.73. The molecule has 0 bridgehead atoms. The molecule has 8 nitrogen and oxygen atoms in total. The van der Waals surface area contributed by atoms with Crippen LogP contribution in [-0.4, -0.2) is 33.4 Å². The van der Waals surface area contributed by atoms with Crippen LogP contribution in [0.1, 0.15) is 59.7 Å². The smallest absolute Gasteiger partial charge is 0.410 e. The molecule has 9 heteroatoms. The second kappa shape index (κ2) is 9.88. The molecule has 0 saturated carbocycles. The fraction of sp³-hybridized carbons (Fsp3) is 0.333. The van der Waals surface area contributed by atoms with Crippen molar-refractivity contribution in [2.24, 2.45) is 0 Å². The summed E-state index contributed by atoms with van der Waals surface area (Å²) in [4.78, 5) is 34.9. The van der Waals surface area contributed by atoms with E-state index >= 15 is 0 Å². The third kappa shape index (κ3) is 5.07. The molecule has 1 aromatic carbocycles. The first-order chi connectivity index (χ1) is 16.0. The molecule has 1 aliphatic heterocycles. The van der Waals surface area contributed by atoms with Gasteiger partial charge in [0.2, 0.25) is 5.91 Å². The zero-order valence-electron chi connectivity index (χ0n) is 18.5. The van der Waals surface area contributed by atoms with Gasteiger partial charge in [-0.2, -0.15) is 5.26 Å². The summed E-state index contributed by atoms with van der Waals surface area (Å²) in [6, 6.07) is 12.1. The Hall–Kier alpha value is -3.64. The molecule has 3 heterocycles. The van der Waals surface area contributed by atoms with E-state index in [9.17, 15) is 14.9 Å². The zero-order valence-corrected chi connectivity index (χ0v) is 19.3. The Labute approximate surface area is 196 Å². The van der Waals surface area contributed by atoms with Crippen molar-refractivity contribution in [2.45, 2.75) is 45.3 Å². The molecule has 0 radical (unpaired) electrons. The van der Waals surface area contributed by atoms with E-state index in [2.05, 4.69) is 21.4 Å². The highest BCUT2D eigenvalue weighted by Crippen LogP contribution is 2.37. The highest BCUT2D eigenvalue weighted by atomic mass is 32.1. The molecular formula is C24H25N5O3S. The summed E-state index contributed by atoms with van der Waals surface area (Å²) in [5.41, 5.74) is 2.49. The van der Waals surface area contributed by atoms with Crippen LogP contribution in [-0.2, 0) is 22.5 Å². The minimum Gasteiger partial charge on any atom is -0.438 e. The number of H-pyrrole nitrogens is 1. The summed E-state index contributed by atoms with van der Waals surface area (Å²) in [5.74, 6) is 0.511. The maximum atomic E-state index is 12.7. The first-order valence-electron chi connectivity index (χ1n) is 10.8. The molecule has 1 aliphatic rings. The third-order valence-corrected chi connectivity index (χ3v) is 6.85. The summed E-state index contributed by atoms with van der Waals surface area (Å²) in [6.45, 7) is 4.55. The Balaban J connectivity index is 1.41. The number of nitrogens with one attached hydrogen (secondary N) is 2. The van der Waals surface area contributed by atoms with Gasteiger partial charge in [-0.1, -0.05) is 37.3 Å². The first kappa shape index (κ1) is 22.6. The lowest BCUT2D eigenvalue weighted by molar-refractivity contribution is -0.116. The number of aromatic nitrogens is 2. The van der Waals surface area contributed by atoms with Gasteiger partial charge in [-0.05, 0) is 30.4 Å². The van der Waals surface area contributed by atoms with Crippen molar-refractivity contribution in [3.05, 3.63) is 70.1 Å². The molecule has 0 fully saturated rings. The number of hydrogen-bond acceptors (Lipinski definition) is 6. The fourth-order valence-electron chi connectivity index (χ4n) is 3.90. The largest absolute Gasteiger partial charge is 0.438 e. The molecule has 0 saturated heterocycles. The number of ether oxygens (including phenoxy) is 1. The summed E-state index contributed by atoms with van der Waals surface area (Å²) in [5, 5.41) is 13.2. The van der Waals surface area contributed by atoms with Crippen LogP contribution < -0.4 is 5.32 Å². The molecule has 0 aliphatic carbocycles. The van der Waals surface area contributed by atoms with Crippen LogP contribution in [0.2, 0.25) is 0 Å². The number of hydrogen-bond donors (Lipinski definition) is 2. The highest BCUT2D eigenvalue weighted by Gasteiger charge is 2.29. The number of thiophene rings is 1. The first-order valence-corrected chi connectivity index (χ1v) is 11.6. The van der Waals surface area contributed by atoms with E-state index in [0.717, 1.165) is 16.0 Å². The van der Waals surface area contributed by atoms with Gasteiger partial charge < -0.3 is 19.9 Å². The van der Waals surface area contributed by atoms with E-state index in [0.29, 0.717) is 42.3 Å². The minimum atomic E-state index is -0.492. The average molecular weight is 464 g/mol. The number of fused-ring (bicyclic) bond motifs is 1. The van der Waals surface area contributed by atoms with E-state index in [4.69, 9.17) is 4.74 Å². The van der Waals surface area contributed by atoms with Crippen LogP contribution in [0.5, 0.6) is 0 Å². The molecule has 3 aromatic rings. The van der Waals surface area contributed by atoms with Crippen LogP contribution in [0.15, 0.2) is 42.7 Å².